The fourth-order valence-electron chi connectivity index (χ4n) is 4.11. The highest BCUT2D eigenvalue weighted by atomic mass is 79.9. The average molecular weight is 524 g/mol. The highest BCUT2D eigenvalue weighted by Gasteiger charge is 2.30. The van der Waals surface area contributed by atoms with Crippen molar-refractivity contribution in [3.8, 4) is 0 Å². The Morgan fingerprint density at radius 1 is 0.875 bits per heavy atom. The maximum Gasteiger partial charge on any atom is 0.292 e. The van der Waals surface area contributed by atoms with Gasteiger partial charge in [0, 0.05) is 68.6 Å². The summed E-state index contributed by atoms with van der Waals surface area (Å²) >= 11 is 3.33. The van der Waals surface area contributed by atoms with Crippen LogP contribution in [0.25, 0.3) is 0 Å². The number of piperazine rings is 2. The molecule has 0 bridgehead atoms. The lowest BCUT2D eigenvalue weighted by molar-refractivity contribution is -0.384. The van der Waals surface area contributed by atoms with E-state index in [0.29, 0.717) is 31.9 Å². The summed E-state index contributed by atoms with van der Waals surface area (Å²) in [5, 5.41) is 11.6. The number of nitrogens with zero attached hydrogens (tertiary/aromatic N) is 5. The molecule has 0 radical (unpaired) electrons. The number of hydrogen-bond donors (Lipinski definition) is 0. The molecule has 0 N–H and O–H groups in total. The minimum atomic E-state index is -3.55. The Labute approximate surface area is 196 Å². The molecular weight excluding hydrogens is 498 g/mol. The third-order valence-electron chi connectivity index (χ3n) is 6.05. The van der Waals surface area contributed by atoms with E-state index in [1.807, 2.05) is 13.1 Å². The number of nitro benzene ring substituents is 1. The monoisotopic (exact) mass is 523 g/mol. The van der Waals surface area contributed by atoms with Crippen LogP contribution in [0, 0.1) is 10.1 Å². The molecule has 0 amide bonds. The zero-order valence-corrected chi connectivity index (χ0v) is 20.3. The van der Waals surface area contributed by atoms with Gasteiger partial charge >= 0.3 is 0 Å². The molecule has 2 aliphatic rings. The molecule has 2 aromatic rings. The van der Waals surface area contributed by atoms with Crippen LogP contribution in [0.1, 0.15) is 0 Å². The summed E-state index contributed by atoms with van der Waals surface area (Å²) in [6, 6.07) is 11.8. The first-order valence-corrected chi connectivity index (χ1v) is 12.7. The van der Waals surface area contributed by atoms with Gasteiger partial charge in [0.05, 0.1) is 9.82 Å². The van der Waals surface area contributed by atoms with Crippen LogP contribution in [0.3, 0.4) is 0 Å². The fourth-order valence-corrected chi connectivity index (χ4v) is 5.79. The van der Waals surface area contributed by atoms with E-state index >= 15 is 0 Å². The fraction of sp³-hybridized carbons (Fsp3) is 0.429. The smallest absolute Gasteiger partial charge is 0.292 e. The second-order valence-corrected chi connectivity index (χ2v) is 10.9. The van der Waals surface area contributed by atoms with E-state index in [9.17, 15) is 18.5 Å². The van der Waals surface area contributed by atoms with Gasteiger partial charge in [-0.2, -0.15) is 4.31 Å². The molecule has 0 saturated carbocycles. The second-order valence-electron chi connectivity index (χ2n) is 8.07. The van der Waals surface area contributed by atoms with Crippen molar-refractivity contribution in [2.45, 2.75) is 4.90 Å². The van der Waals surface area contributed by atoms with Gasteiger partial charge in [0.25, 0.3) is 5.69 Å². The summed E-state index contributed by atoms with van der Waals surface area (Å²) in [5.41, 5.74) is 1.62. The third-order valence-corrected chi connectivity index (χ3v) is 8.50. The molecule has 0 atom stereocenters. The van der Waals surface area contributed by atoms with E-state index < -0.39 is 10.0 Å². The van der Waals surface area contributed by atoms with Crippen LogP contribution in [0.5, 0.6) is 0 Å². The Bertz CT molecular complexity index is 1080. The van der Waals surface area contributed by atoms with Crippen LogP contribution < -0.4 is 9.80 Å². The number of hydrogen-bond acceptors (Lipinski definition) is 7. The minimum Gasteiger partial charge on any atom is -0.369 e. The van der Waals surface area contributed by atoms with Crippen LogP contribution in [-0.4, -0.2) is 82.0 Å². The van der Waals surface area contributed by atoms with Crippen LogP contribution in [0.2, 0.25) is 0 Å². The van der Waals surface area contributed by atoms with Gasteiger partial charge in [-0.1, -0.05) is 15.9 Å². The summed E-state index contributed by atoms with van der Waals surface area (Å²) in [4.78, 5) is 17.9. The molecule has 2 heterocycles. The summed E-state index contributed by atoms with van der Waals surface area (Å²) in [6.07, 6.45) is 0. The maximum atomic E-state index is 13.0. The van der Waals surface area contributed by atoms with Gasteiger partial charge in [-0.25, -0.2) is 8.42 Å². The average Bonchev–Trinajstić information content (AvgIpc) is 2.79. The maximum absolute atomic E-state index is 13.0. The Kier molecular flexibility index (Phi) is 6.70. The van der Waals surface area contributed by atoms with Gasteiger partial charge in [0.1, 0.15) is 5.69 Å². The van der Waals surface area contributed by atoms with Crippen molar-refractivity contribution in [2.75, 3.05) is 69.2 Å². The van der Waals surface area contributed by atoms with Crippen molar-refractivity contribution in [1.82, 2.24) is 9.21 Å². The van der Waals surface area contributed by atoms with Gasteiger partial charge in [-0.3, -0.25) is 10.1 Å². The number of halogens is 1. The lowest BCUT2D eigenvalue weighted by Crippen LogP contribution is -2.48. The van der Waals surface area contributed by atoms with Gasteiger partial charge in [0.15, 0.2) is 0 Å². The number of likely N-dealkylation sites (N-methyl/N-ethyl adjacent to an activating group) is 1. The van der Waals surface area contributed by atoms with E-state index in [4.69, 9.17) is 0 Å². The molecule has 2 fully saturated rings. The summed E-state index contributed by atoms with van der Waals surface area (Å²) in [5.74, 6) is 0. The highest BCUT2D eigenvalue weighted by molar-refractivity contribution is 9.10. The number of rotatable bonds is 5. The Hall–Kier alpha value is -2.21. The van der Waals surface area contributed by atoms with E-state index in [2.05, 4.69) is 30.6 Å². The molecule has 2 saturated heterocycles. The molecular formula is C21H26BrN5O4S. The van der Waals surface area contributed by atoms with Crippen molar-refractivity contribution < 1.29 is 13.3 Å². The summed E-state index contributed by atoms with van der Waals surface area (Å²) < 4.78 is 28.2. The first-order valence-electron chi connectivity index (χ1n) is 10.5. The van der Waals surface area contributed by atoms with Crippen molar-refractivity contribution in [1.29, 1.82) is 0 Å². The molecule has 0 aromatic heterocycles. The van der Waals surface area contributed by atoms with E-state index in [-0.39, 0.29) is 15.5 Å². The second kappa shape index (κ2) is 9.34. The molecule has 0 spiro atoms. The van der Waals surface area contributed by atoms with Crippen LogP contribution in [0.15, 0.2) is 51.8 Å². The van der Waals surface area contributed by atoms with Gasteiger partial charge < -0.3 is 14.7 Å². The normalized spacial score (nSPS) is 18.7. The molecule has 4 rings (SSSR count). The molecule has 0 unspecified atom stereocenters. The van der Waals surface area contributed by atoms with Crippen LogP contribution in [-0.2, 0) is 10.0 Å². The summed E-state index contributed by atoms with van der Waals surface area (Å²) in [7, 11) is -1.50. The van der Waals surface area contributed by atoms with Gasteiger partial charge in [-0.05, 0) is 43.4 Å². The molecule has 9 nitrogen and oxygen atoms in total. The van der Waals surface area contributed by atoms with Crippen molar-refractivity contribution in [3.63, 3.8) is 0 Å². The largest absolute Gasteiger partial charge is 0.369 e. The topological polar surface area (TPSA) is 90.2 Å². The minimum absolute atomic E-state index is 0.106. The predicted octanol–water partition coefficient (Wildman–Crippen LogP) is 2.62. The molecule has 172 valence electrons. The third kappa shape index (κ3) is 4.75. The summed E-state index contributed by atoms with van der Waals surface area (Å²) in [6.45, 7) is 4.95. The van der Waals surface area contributed by atoms with Crippen molar-refractivity contribution in [3.05, 3.63) is 57.1 Å². The Balaban J connectivity index is 1.50. The molecule has 11 heteroatoms. The van der Waals surface area contributed by atoms with E-state index in [1.54, 1.807) is 36.4 Å². The number of nitro groups is 1. The lowest BCUT2D eigenvalue weighted by Gasteiger charge is -2.37. The van der Waals surface area contributed by atoms with Crippen molar-refractivity contribution in [2.24, 2.45) is 0 Å². The quantitative estimate of drug-likeness (QED) is 0.439. The number of sulfonamides is 1. The first-order chi connectivity index (χ1) is 15.3. The van der Waals surface area contributed by atoms with Crippen molar-refractivity contribution >= 4 is 43.0 Å². The highest BCUT2D eigenvalue weighted by Crippen LogP contribution is 2.34. The zero-order chi connectivity index (χ0) is 22.9. The zero-order valence-electron chi connectivity index (χ0n) is 17.9. The molecule has 2 aromatic carbocycles. The predicted molar refractivity (Wildman–Crippen MR) is 128 cm³/mol. The molecule has 0 aliphatic carbocycles. The van der Waals surface area contributed by atoms with Crippen LogP contribution >= 0.6 is 15.9 Å². The molecule has 32 heavy (non-hydrogen) atoms. The van der Waals surface area contributed by atoms with Crippen LogP contribution in [0.4, 0.5) is 17.1 Å². The van der Waals surface area contributed by atoms with E-state index in [0.717, 1.165) is 36.3 Å². The van der Waals surface area contributed by atoms with Gasteiger partial charge in [-0.15, -0.1) is 0 Å². The SMILES string of the molecule is CN1CCN(c2cc(N3CCN(S(=O)(=O)c4ccc(Br)cc4)CC3)ccc2[N+](=O)[O-])CC1. The Morgan fingerprint density at radius 2 is 1.47 bits per heavy atom. The van der Waals surface area contributed by atoms with E-state index in [1.165, 1.54) is 4.31 Å². The molecule has 2 aliphatic heterocycles. The first kappa shape index (κ1) is 23.0. The lowest BCUT2D eigenvalue weighted by atomic mass is 10.1. The van der Waals surface area contributed by atoms with Gasteiger partial charge in [0.2, 0.25) is 10.0 Å². The number of anilines is 2. The standard InChI is InChI=1S/C21H26BrN5O4S/c1-23-8-10-25(11-9-23)21-16-18(4-7-20(21)27(28)29)24-12-14-26(15-13-24)32(30,31)19-5-2-17(22)3-6-19/h2-7,16H,8-15H2,1H3. The Morgan fingerprint density at radius 3 is 2.06 bits per heavy atom. The number of benzene rings is 2.